The molecule has 0 unspecified atom stereocenters. The van der Waals surface area contributed by atoms with Gasteiger partial charge in [0.2, 0.25) is 0 Å². The quantitative estimate of drug-likeness (QED) is 0.706. The summed E-state index contributed by atoms with van der Waals surface area (Å²) < 4.78 is 32.1. The van der Waals surface area contributed by atoms with E-state index in [2.05, 4.69) is 9.71 Å². The lowest BCUT2D eigenvalue weighted by Crippen LogP contribution is -2.27. The van der Waals surface area contributed by atoms with E-state index in [9.17, 15) is 8.42 Å². The summed E-state index contributed by atoms with van der Waals surface area (Å²) in [6.07, 6.45) is 1.48. The Kier molecular flexibility index (Phi) is 3.83. The third-order valence-corrected chi connectivity index (χ3v) is 3.29. The van der Waals surface area contributed by atoms with Gasteiger partial charge in [0.05, 0.1) is 6.61 Å². The maximum Gasteiger partial charge on any atom is 0.259 e. The number of nitrogens with one attached hydrogen (secondary N) is 1. The van der Waals surface area contributed by atoms with Gasteiger partial charge >= 0.3 is 0 Å². The Morgan fingerprint density at radius 1 is 1.60 bits per heavy atom. The van der Waals surface area contributed by atoms with Gasteiger partial charge in [-0.05, 0) is 6.92 Å². The van der Waals surface area contributed by atoms with Crippen LogP contribution < -0.4 is 4.72 Å². The smallest absolute Gasteiger partial charge is 0.259 e. The number of aromatic nitrogens is 2. The Labute approximate surface area is 89.3 Å². The van der Waals surface area contributed by atoms with Gasteiger partial charge in [-0.2, -0.15) is 0 Å². The average Bonchev–Trinajstić information content (AvgIpc) is 2.48. The summed E-state index contributed by atoms with van der Waals surface area (Å²) in [5.41, 5.74) is 0. The van der Waals surface area contributed by atoms with Crippen molar-refractivity contribution in [1.82, 2.24) is 14.3 Å². The predicted molar refractivity (Wildman–Crippen MR) is 55.0 cm³/mol. The fraction of sp³-hybridized carbons (Fsp3) is 0.625. The lowest BCUT2D eigenvalue weighted by molar-refractivity contribution is 0.204. The predicted octanol–water partition coefficient (Wildman–Crippen LogP) is -0.347. The summed E-state index contributed by atoms with van der Waals surface area (Å²) in [6.45, 7) is 2.33. The summed E-state index contributed by atoms with van der Waals surface area (Å²) in [4.78, 5) is 3.93. The maximum absolute atomic E-state index is 11.6. The molecule has 1 aromatic heterocycles. The molecule has 1 heterocycles. The van der Waals surface area contributed by atoms with Crippen molar-refractivity contribution in [3.8, 4) is 0 Å². The first-order valence-electron chi connectivity index (χ1n) is 4.46. The number of imidazole rings is 1. The van der Waals surface area contributed by atoms with E-state index in [-0.39, 0.29) is 11.6 Å². The SMILES string of the molecule is COCCNS(=O)(=O)c1cn(C)c(C)n1. The highest BCUT2D eigenvalue weighted by atomic mass is 32.2. The van der Waals surface area contributed by atoms with Crippen LogP contribution in [0.15, 0.2) is 11.2 Å². The molecule has 6 nitrogen and oxygen atoms in total. The second kappa shape index (κ2) is 4.73. The van der Waals surface area contributed by atoms with Crippen LogP contribution in [0, 0.1) is 6.92 Å². The number of hydrogen-bond acceptors (Lipinski definition) is 4. The first-order chi connectivity index (χ1) is 6.97. The van der Waals surface area contributed by atoms with Gasteiger partial charge in [0.1, 0.15) is 5.82 Å². The number of methoxy groups -OCH3 is 1. The third kappa shape index (κ3) is 3.01. The van der Waals surface area contributed by atoms with Crippen LogP contribution >= 0.6 is 0 Å². The Morgan fingerprint density at radius 2 is 2.27 bits per heavy atom. The summed E-state index contributed by atoms with van der Waals surface area (Å²) in [5.74, 6) is 0.655. The summed E-state index contributed by atoms with van der Waals surface area (Å²) in [6, 6.07) is 0. The molecule has 15 heavy (non-hydrogen) atoms. The molecule has 1 aromatic rings. The minimum atomic E-state index is -3.50. The largest absolute Gasteiger partial charge is 0.383 e. The van der Waals surface area contributed by atoms with Gasteiger partial charge in [0, 0.05) is 26.9 Å². The van der Waals surface area contributed by atoms with Gasteiger partial charge in [0.15, 0.2) is 5.03 Å². The minimum Gasteiger partial charge on any atom is -0.383 e. The minimum absolute atomic E-state index is 0.0404. The van der Waals surface area contributed by atoms with E-state index in [0.717, 1.165) is 0 Å². The van der Waals surface area contributed by atoms with Crippen LogP contribution in [0.25, 0.3) is 0 Å². The molecule has 0 spiro atoms. The molecular weight excluding hydrogens is 218 g/mol. The molecule has 0 aromatic carbocycles. The van der Waals surface area contributed by atoms with Crippen molar-refractivity contribution in [2.45, 2.75) is 11.9 Å². The summed E-state index contributed by atoms with van der Waals surface area (Å²) >= 11 is 0. The van der Waals surface area contributed by atoms with Gasteiger partial charge < -0.3 is 9.30 Å². The number of sulfonamides is 1. The van der Waals surface area contributed by atoms with Gasteiger partial charge in [-0.3, -0.25) is 0 Å². The van der Waals surface area contributed by atoms with E-state index in [1.807, 2.05) is 0 Å². The molecule has 7 heteroatoms. The average molecular weight is 233 g/mol. The molecule has 0 aliphatic heterocycles. The van der Waals surface area contributed by atoms with Crippen LogP contribution in [0.3, 0.4) is 0 Å². The van der Waals surface area contributed by atoms with Gasteiger partial charge in [-0.25, -0.2) is 18.1 Å². The van der Waals surface area contributed by atoms with E-state index >= 15 is 0 Å². The molecule has 0 aliphatic rings. The third-order valence-electron chi connectivity index (χ3n) is 1.96. The van der Waals surface area contributed by atoms with E-state index in [1.165, 1.54) is 13.3 Å². The van der Waals surface area contributed by atoms with Crippen LogP contribution in [0.5, 0.6) is 0 Å². The number of aryl methyl sites for hydroxylation is 2. The Morgan fingerprint density at radius 3 is 2.73 bits per heavy atom. The Bertz CT molecular complexity index is 405. The summed E-state index contributed by atoms with van der Waals surface area (Å²) in [5, 5.41) is 0.0404. The summed E-state index contributed by atoms with van der Waals surface area (Å²) in [7, 11) is -0.236. The number of rotatable bonds is 5. The van der Waals surface area contributed by atoms with Crippen LogP contribution in [0.2, 0.25) is 0 Å². The number of hydrogen-bond donors (Lipinski definition) is 1. The molecule has 0 fully saturated rings. The van der Waals surface area contributed by atoms with Gasteiger partial charge in [-0.1, -0.05) is 0 Å². The molecular formula is C8H15N3O3S. The van der Waals surface area contributed by atoms with Crippen molar-refractivity contribution in [3.63, 3.8) is 0 Å². The molecule has 0 saturated carbocycles. The van der Waals surface area contributed by atoms with Crippen molar-refractivity contribution in [2.24, 2.45) is 7.05 Å². The van der Waals surface area contributed by atoms with Crippen LogP contribution in [-0.4, -0.2) is 38.2 Å². The molecule has 1 N–H and O–H groups in total. The second-order valence-corrected chi connectivity index (χ2v) is 4.84. The van der Waals surface area contributed by atoms with Crippen LogP contribution in [0.4, 0.5) is 0 Å². The van der Waals surface area contributed by atoms with Crippen LogP contribution in [0.1, 0.15) is 5.82 Å². The fourth-order valence-corrected chi connectivity index (χ4v) is 2.06. The van der Waals surface area contributed by atoms with E-state index < -0.39 is 10.0 Å². The molecule has 1 rings (SSSR count). The van der Waals surface area contributed by atoms with Crippen molar-refractivity contribution in [1.29, 1.82) is 0 Å². The lowest BCUT2D eigenvalue weighted by Gasteiger charge is -2.02. The number of ether oxygens (including phenoxy) is 1. The molecule has 0 amide bonds. The maximum atomic E-state index is 11.6. The van der Waals surface area contributed by atoms with Crippen LogP contribution in [-0.2, 0) is 21.8 Å². The number of nitrogens with zero attached hydrogens (tertiary/aromatic N) is 2. The van der Waals surface area contributed by atoms with Crippen molar-refractivity contribution in [3.05, 3.63) is 12.0 Å². The second-order valence-electron chi connectivity index (χ2n) is 3.13. The van der Waals surface area contributed by atoms with E-state index in [1.54, 1.807) is 18.5 Å². The molecule has 0 bridgehead atoms. The molecule has 0 aliphatic carbocycles. The molecule has 0 atom stereocenters. The molecule has 0 saturated heterocycles. The topological polar surface area (TPSA) is 73.2 Å². The zero-order chi connectivity index (χ0) is 11.5. The highest BCUT2D eigenvalue weighted by Gasteiger charge is 2.17. The molecule has 0 radical (unpaired) electrons. The monoisotopic (exact) mass is 233 g/mol. The first-order valence-corrected chi connectivity index (χ1v) is 5.94. The molecule has 86 valence electrons. The standard InChI is InChI=1S/C8H15N3O3S/c1-7-10-8(6-11(7)2)15(12,13)9-4-5-14-3/h6,9H,4-5H2,1-3H3. The van der Waals surface area contributed by atoms with Gasteiger partial charge in [0.25, 0.3) is 10.0 Å². The van der Waals surface area contributed by atoms with Crippen molar-refractivity contribution < 1.29 is 13.2 Å². The zero-order valence-corrected chi connectivity index (χ0v) is 9.84. The Hall–Kier alpha value is -0.920. The van der Waals surface area contributed by atoms with Gasteiger partial charge in [-0.15, -0.1) is 0 Å². The Balaban J connectivity index is 2.77. The van der Waals surface area contributed by atoms with Crippen molar-refractivity contribution in [2.75, 3.05) is 20.3 Å². The normalized spacial score (nSPS) is 11.9. The van der Waals surface area contributed by atoms with E-state index in [4.69, 9.17) is 4.74 Å². The zero-order valence-electron chi connectivity index (χ0n) is 9.02. The lowest BCUT2D eigenvalue weighted by atomic mass is 10.7. The van der Waals surface area contributed by atoms with Crippen molar-refractivity contribution >= 4 is 10.0 Å². The first kappa shape index (κ1) is 12.2. The van der Waals surface area contributed by atoms with E-state index in [0.29, 0.717) is 12.4 Å². The highest BCUT2D eigenvalue weighted by molar-refractivity contribution is 7.89. The highest BCUT2D eigenvalue weighted by Crippen LogP contribution is 2.06. The fourth-order valence-electron chi connectivity index (χ4n) is 1.01.